The summed E-state index contributed by atoms with van der Waals surface area (Å²) in [6.07, 6.45) is 2.54. The SMILES string of the molecule is Cc1cc(N)cnc1NC(CO)CC(C)C. The van der Waals surface area contributed by atoms with Crippen LogP contribution in [0.5, 0.6) is 0 Å². The summed E-state index contributed by atoms with van der Waals surface area (Å²) in [5.41, 5.74) is 7.29. The Balaban J connectivity index is 2.70. The summed E-state index contributed by atoms with van der Waals surface area (Å²) in [5.74, 6) is 1.34. The predicted octanol–water partition coefficient (Wildman–Crippen LogP) is 1.79. The molecule has 0 aliphatic heterocycles. The largest absolute Gasteiger partial charge is 0.397 e. The first-order chi connectivity index (χ1) is 7.52. The third kappa shape index (κ3) is 3.70. The van der Waals surface area contributed by atoms with E-state index >= 15 is 0 Å². The highest BCUT2D eigenvalue weighted by molar-refractivity contribution is 5.51. The van der Waals surface area contributed by atoms with Gasteiger partial charge in [0, 0.05) is 0 Å². The van der Waals surface area contributed by atoms with Crippen molar-refractivity contribution in [2.24, 2.45) is 5.92 Å². The van der Waals surface area contributed by atoms with Crippen LogP contribution in [-0.4, -0.2) is 22.7 Å². The van der Waals surface area contributed by atoms with Gasteiger partial charge in [-0.15, -0.1) is 0 Å². The molecule has 0 radical (unpaired) electrons. The van der Waals surface area contributed by atoms with E-state index in [0.29, 0.717) is 11.6 Å². The van der Waals surface area contributed by atoms with E-state index < -0.39 is 0 Å². The standard InChI is InChI=1S/C12H21N3O/c1-8(2)4-11(7-16)15-12-9(3)5-10(13)6-14-12/h5-6,8,11,16H,4,7,13H2,1-3H3,(H,14,15). The summed E-state index contributed by atoms with van der Waals surface area (Å²) in [6, 6.07) is 1.92. The van der Waals surface area contributed by atoms with Gasteiger partial charge in [-0.1, -0.05) is 13.8 Å². The molecule has 0 spiro atoms. The van der Waals surface area contributed by atoms with Gasteiger partial charge >= 0.3 is 0 Å². The first-order valence-electron chi connectivity index (χ1n) is 5.62. The lowest BCUT2D eigenvalue weighted by Crippen LogP contribution is -2.26. The number of nitrogens with one attached hydrogen (secondary N) is 1. The number of nitrogens with two attached hydrogens (primary N) is 1. The van der Waals surface area contributed by atoms with Crippen LogP contribution in [0, 0.1) is 12.8 Å². The van der Waals surface area contributed by atoms with Crippen molar-refractivity contribution in [3.05, 3.63) is 17.8 Å². The van der Waals surface area contributed by atoms with Crippen molar-refractivity contribution < 1.29 is 5.11 Å². The van der Waals surface area contributed by atoms with Crippen molar-refractivity contribution in [3.8, 4) is 0 Å². The van der Waals surface area contributed by atoms with Gasteiger partial charge in [-0.25, -0.2) is 4.98 Å². The van der Waals surface area contributed by atoms with Crippen molar-refractivity contribution in [3.63, 3.8) is 0 Å². The minimum Gasteiger partial charge on any atom is -0.397 e. The number of hydrogen-bond donors (Lipinski definition) is 3. The van der Waals surface area contributed by atoms with Gasteiger partial charge < -0.3 is 16.2 Å². The molecule has 0 aliphatic carbocycles. The molecule has 16 heavy (non-hydrogen) atoms. The van der Waals surface area contributed by atoms with Crippen LogP contribution < -0.4 is 11.1 Å². The summed E-state index contributed by atoms with van der Waals surface area (Å²) in [7, 11) is 0. The normalized spacial score (nSPS) is 12.8. The van der Waals surface area contributed by atoms with E-state index in [1.165, 1.54) is 0 Å². The number of anilines is 2. The Kier molecular flexibility index (Phi) is 4.55. The summed E-state index contributed by atoms with van der Waals surface area (Å²) in [5, 5.41) is 12.5. The molecule has 0 aromatic carbocycles. The lowest BCUT2D eigenvalue weighted by atomic mass is 10.0. The van der Waals surface area contributed by atoms with Crippen LogP contribution in [0.3, 0.4) is 0 Å². The molecular weight excluding hydrogens is 202 g/mol. The average Bonchev–Trinajstić information content (AvgIpc) is 2.20. The average molecular weight is 223 g/mol. The molecule has 0 amide bonds. The van der Waals surface area contributed by atoms with Crippen LogP contribution in [0.1, 0.15) is 25.8 Å². The maximum atomic E-state index is 9.27. The molecule has 4 N–H and O–H groups in total. The fraction of sp³-hybridized carbons (Fsp3) is 0.583. The molecule has 0 bridgehead atoms. The molecule has 90 valence electrons. The number of aliphatic hydroxyl groups is 1. The molecule has 1 aromatic rings. The van der Waals surface area contributed by atoms with E-state index in [-0.39, 0.29) is 12.6 Å². The van der Waals surface area contributed by atoms with Gasteiger partial charge in [-0.05, 0) is 30.9 Å². The van der Waals surface area contributed by atoms with E-state index in [1.807, 2.05) is 13.0 Å². The fourth-order valence-corrected chi connectivity index (χ4v) is 1.69. The highest BCUT2D eigenvalue weighted by Crippen LogP contribution is 2.16. The van der Waals surface area contributed by atoms with E-state index in [1.54, 1.807) is 6.20 Å². The lowest BCUT2D eigenvalue weighted by molar-refractivity contribution is 0.259. The van der Waals surface area contributed by atoms with Gasteiger partial charge in [0.15, 0.2) is 0 Å². The summed E-state index contributed by atoms with van der Waals surface area (Å²) in [4.78, 5) is 4.23. The molecule has 0 fully saturated rings. The van der Waals surface area contributed by atoms with Crippen LogP contribution >= 0.6 is 0 Å². The zero-order valence-electron chi connectivity index (χ0n) is 10.2. The Bertz CT molecular complexity index is 339. The van der Waals surface area contributed by atoms with Crippen molar-refractivity contribution in [2.75, 3.05) is 17.7 Å². The molecule has 1 unspecified atom stereocenters. The fourth-order valence-electron chi connectivity index (χ4n) is 1.69. The van der Waals surface area contributed by atoms with E-state index in [0.717, 1.165) is 17.8 Å². The summed E-state index contributed by atoms with van der Waals surface area (Å²) < 4.78 is 0. The molecule has 0 aliphatic rings. The lowest BCUT2D eigenvalue weighted by Gasteiger charge is -2.20. The zero-order chi connectivity index (χ0) is 12.1. The zero-order valence-corrected chi connectivity index (χ0v) is 10.2. The molecule has 4 heteroatoms. The number of pyridine rings is 1. The maximum absolute atomic E-state index is 9.27. The number of aliphatic hydroxyl groups excluding tert-OH is 1. The number of nitrogen functional groups attached to an aromatic ring is 1. The molecule has 4 nitrogen and oxygen atoms in total. The molecule has 1 rings (SSSR count). The Morgan fingerprint density at radius 1 is 1.50 bits per heavy atom. The van der Waals surface area contributed by atoms with Crippen molar-refractivity contribution in [2.45, 2.75) is 33.2 Å². The monoisotopic (exact) mass is 223 g/mol. The molecule has 1 atom stereocenters. The Morgan fingerprint density at radius 2 is 2.19 bits per heavy atom. The highest BCUT2D eigenvalue weighted by atomic mass is 16.3. The van der Waals surface area contributed by atoms with Crippen LogP contribution in [-0.2, 0) is 0 Å². The smallest absolute Gasteiger partial charge is 0.129 e. The van der Waals surface area contributed by atoms with Gasteiger partial charge in [0.2, 0.25) is 0 Å². The van der Waals surface area contributed by atoms with Crippen LogP contribution in [0.4, 0.5) is 11.5 Å². The number of aryl methyl sites for hydroxylation is 1. The second kappa shape index (κ2) is 5.70. The molecule has 1 heterocycles. The maximum Gasteiger partial charge on any atom is 0.129 e. The van der Waals surface area contributed by atoms with Crippen molar-refractivity contribution >= 4 is 11.5 Å². The van der Waals surface area contributed by atoms with E-state index in [2.05, 4.69) is 24.1 Å². The summed E-state index contributed by atoms with van der Waals surface area (Å²) >= 11 is 0. The van der Waals surface area contributed by atoms with Gasteiger partial charge in [-0.2, -0.15) is 0 Å². The van der Waals surface area contributed by atoms with Crippen molar-refractivity contribution in [1.29, 1.82) is 0 Å². The van der Waals surface area contributed by atoms with Crippen molar-refractivity contribution in [1.82, 2.24) is 4.98 Å². The third-order valence-corrected chi connectivity index (χ3v) is 2.42. The number of rotatable bonds is 5. The quantitative estimate of drug-likeness (QED) is 0.711. The number of nitrogens with zero attached hydrogens (tertiary/aromatic N) is 1. The Morgan fingerprint density at radius 3 is 2.69 bits per heavy atom. The van der Waals surface area contributed by atoms with Gasteiger partial charge in [0.1, 0.15) is 5.82 Å². The predicted molar refractivity (Wildman–Crippen MR) is 67.3 cm³/mol. The second-order valence-electron chi connectivity index (χ2n) is 4.59. The first-order valence-corrected chi connectivity index (χ1v) is 5.62. The number of hydrogen-bond acceptors (Lipinski definition) is 4. The second-order valence-corrected chi connectivity index (χ2v) is 4.59. The topological polar surface area (TPSA) is 71.2 Å². The van der Waals surface area contributed by atoms with Gasteiger partial charge in [-0.3, -0.25) is 0 Å². The van der Waals surface area contributed by atoms with E-state index in [4.69, 9.17) is 5.73 Å². The summed E-state index contributed by atoms with van der Waals surface area (Å²) in [6.45, 7) is 6.33. The molecular formula is C12H21N3O. The van der Waals surface area contributed by atoms with E-state index in [9.17, 15) is 5.11 Å². The first kappa shape index (κ1) is 12.8. The van der Waals surface area contributed by atoms with Crippen LogP contribution in [0.15, 0.2) is 12.3 Å². The van der Waals surface area contributed by atoms with Gasteiger partial charge in [0.05, 0.1) is 24.5 Å². The third-order valence-electron chi connectivity index (χ3n) is 2.42. The molecule has 1 aromatic heterocycles. The Labute approximate surface area is 96.9 Å². The minimum atomic E-state index is 0.0508. The van der Waals surface area contributed by atoms with Crippen LogP contribution in [0.2, 0.25) is 0 Å². The minimum absolute atomic E-state index is 0.0508. The van der Waals surface area contributed by atoms with Gasteiger partial charge in [0.25, 0.3) is 0 Å². The molecule has 0 saturated heterocycles. The molecule has 0 saturated carbocycles. The Hall–Kier alpha value is -1.29. The highest BCUT2D eigenvalue weighted by Gasteiger charge is 2.11. The van der Waals surface area contributed by atoms with Crippen LogP contribution in [0.25, 0.3) is 0 Å². The number of aromatic nitrogens is 1.